The van der Waals surface area contributed by atoms with Crippen molar-refractivity contribution < 1.29 is 27.5 Å². The third-order valence-corrected chi connectivity index (χ3v) is 5.89. The summed E-state index contributed by atoms with van der Waals surface area (Å²) < 4.78 is 43.6. The van der Waals surface area contributed by atoms with Crippen molar-refractivity contribution in [3.63, 3.8) is 0 Å². The highest BCUT2D eigenvalue weighted by molar-refractivity contribution is 7.80. The van der Waals surface area contributed by atoms with Gasteiger partial charge in [0.2, 0.25) is 0 Å². The number of esters is 1. The Morgan fingerprint density at radius 1 is 1.06 bits per heavy atom. The van der Waals surface area contributed by atoms with Crippen LogP contribution in [0.3, 0.4) is 0 Å². The number of alkyl halides is 3. The molecule has 36 heavy (non-hydrogen) atoms. The summed E-state index contributed by atoms with van der Waals surface area (Å²) in [5, 5.41) is 8.73. The molecular formula is C25H27F3N4O3S. The Morgan fingerprint density at radius 3 is 2.08 bits per heavy atom. The fraction of sp³-hybridized carbons (Fsp3) is 0.320. The van der Waals surface area contributed by atoms with E-state index in [1.807, 2.05) is 13.8 Å². The molecule has 2 aromatic rings. The fourth-order valence-corrected chi connectivity index (χ4v) is 3.72. The Labute approximate surface area is 212 Å². The second-order valence-electron chi connectivity index (χ2n) is 8.71. The minimum absolute atomic E-state index is 0.183. The molecule has 0 radical (unpaired) electrons. The summed E-state index contributed by atoms with van der Waals surface area (Å²) in [6.07, 6.45) is -4.45. The molecule has 7 nitrogen and oxygen atoms in total. The van der Waals surface area contributed by atoms with Crippen LogP contribution < -0.4 is 16.0 Å². The molecule has 1 unspecified atom stereocenters. The first-order valence-electron chi connectivity index (χ1n) is 11.1. The number of ether oxygens (including phenoxy) is 1. The van der Waals surface area contributed by atoms with Gasteiger partial charge in [-0.2, -0.15) is 13.2 Å². The number of urea groups is 1. The first kappa shape index (κ1) is 27.0. The molecule has 0 fully saturated rings. The van der Waals surface area contributed by atoms with Crippen molar-refractivity contribution in [1.82, 2.24) is 10.2 Å². The Morgan fingerprint density at radius 2 is 1.58 bits per heavy atom. The van der Waals surface area contributed by atoms with E-state index in [1.165, 1.54) is 12.1 Å². The molecule has 2 amide bonds. The first-order chi connectivity index (χ1) is 16.9. The van der Waals surface area contributed by atoms with Gasteiger partial charge in [-0.15, -0.1) is 0 Å². The van der Waals surface area contributed by atoms with Gasteiger partial charge in [-0.3, -0.25) is 0 Å². The zero-order valence-corrected chi connectivity index (χ0v) is 21.0. The highest BCUT2D eigenvalue weighted by atomic mass is 32.1. The molecule has 1 aliphatic rings. The van der Waals surface area contributed by atoms with Crippen LogP contribution in [0.25, 0.3) is 0 Å². The topological polar surface area (TPSA) is 82.7 Å². The average Bonchev–Trinajstić information content (AvgIpc) is 2.81. The van der Waals surface area contributed by atoms with Crippen LogP contribution in [0, 0.1) is 5.92 Å². The van der Waals surface area contributed by atoms with Gasteiger partial charge < -0.3 is 25.6 Å². The zero-order valence-electron chi connectivity index (χ0n) is 20.2. The molecule has 1 atom stereocenters. The number of nitrogens with one attached hydrogen (secondary N) is 3. The molecule has 3 rings (SSSR count). The number of rotatable bonds is 6. The number of nitrogens with zero attached hydrogens (tertiary/aromatic N) is 1. The molecule has 0 aliphatic carbocycles. The van der Waals surface area contributed by atoms with Crippen molar-refractivity contribution in [3.05, 3.63) is 70.9 Å². The SMILES string of the molecule is CC1=C(C(=O)OCC(C)C)C(c2ccc(NC(=O)Nc3ccc(C(F)(F)F)cc3)cc2)NC(=S)N1C. The Balaban J connectivity index is 1.72. The highest BCUT2D eigenvalue weighted by Gasteiger charge is 2.33. The smallest absolute Gasteiger partial charge is 0.416 e. The van der Waals surface area contributed by atoms with Crippen LogP contribution in [0.5, 0.6) is 0 Å². The van der Waals surface area contributed by atoms with Gasteiger partial charge in [0, 0.05) is 24.1 Å². The number of carbonyl (C=O) groups is 2. The maximum absolute atomic E-state index is 12.9. The van der Waals surface area contributed by atoms with E-state index < -0.39 is 29.8 Å². The van der Waals surface area contributed by atoms with Gasteiger partial charge in [0.1, 0.15) is 0 Å². The minimum Gasteiger partial charge on any atom is -0.462 e. The van der Waals surface area contributed by atoms with Crippen molar-refractivity contribution in [2.24, 2.45) is 5.92 Å². The normalized spacial score (nSPS) is 16.1. The second-order valence-corrected chi connectivity index (χ2v) is 9.10. The van der Waals surface area contributed by atoms with Crippen molar-refractivity contribution in [3.8, 4) is 0 Å². The highest BCUT2D eigenvalue weighted by Crippen LogP contribution is 2.32. The maximum atomic E-state index is 12.9. The molecule has 0 aromatic heterocycles. The largest absolute Gasteiger partial charge is 0.462 e. The number of halogens is 3. The number of hydrogen-bond donors (Lipinski definition) is 3. The van der Waals surface area contributed by atoms with E-state index in [0.29, 0.717) is 22.1 Å². The van der Waals surface area contributed by atoms with Gasteiger partial charge in [0.15, 0.2) is 5.11 Å². The average molecular weight is 521 g/mol. The van der Waals surface area contributed by atoms with E-state index in [0.717, 1.165) is 17.7 Å². The van der Waals surface area contributed by atoms with Gasteiger partial charge >= 0.3 is 18.2 Å². The van der Waals surface area contributed by atoms with Crippen LogP contribution >= 0.6 is 12.2 Å². The van der Waals surface area contributed by atoms with Gasteiger partial charge in [0.25, 0.3) is 0 Å². The molecule has 192 valence electrons. The third-order valence-electron chi connectivity index (χ3n) is 5.49. The Bertz CT molecular complexity index is 1160. The van der Waals surface area contributed by atoms with E-state index in [4.69, 9.17) is 17.0 Å². The number of benzene rings is 2. The van der Waals surface area contributed by atoms with Crippen molar-refractivity contribution >= 4 is 40.7 Å². The van der Waals surface area contributed by atoms with Gasteiger partial charge in [0.05, 0.1) is 23.8 Å². The third kappa shape index (κ3) is 6.54. The number of anilines is 2. The van der Waals surface area contributed by atoms with E-state index in [1.54, 1.807) is 43.1 Å². The minimum atomic E-state index is -4.45. The number of hydrogen-bond acceptors (Lipinski definition) is 4. The predicted octanol–water partition coefficient (Wildman–Crippen LogP) is 5.68. The monoisotopic (exact) mass is 520 g/mol. The number of amides is 2. The van der Waals surface area contributed by atoms with Gasteiger partial charge in [-0.25, -0.2) is 9.59 Å². The van der Waals surface area contributed by atoms with Crippen LogP contribution in [0.4, 0.5) is 29.3 Å². The lowest BCUT2D eigenvalue weighted by Crippen LogP contribution is -2.46. The molecular weight excluding hydrogens is 493 g/mol. The zero-order chi connectivity index (χ0) is 26.6. The predicted molar refractivity (Wildman–Crippen MR) is 135 cm³/mol. The summed E-state index contributed by atoms with van der Waals surface area (Å²) in [5.41, 5.74) is 1.70. The van der Waals surface area contributed by atoms with E-state index in [2.05, 4.69) is 16.0 Å². The number of thiocarbonyl (C=S) groups is 1. The summed E-state index contributed by atoms with van der Waals surface area (Å²) >= 11 is 5.40. The lowest BCUT2D eigenvalue weighted by atomic mass is 9.95. The number of allylic oxidation sites excluding steroid dienone is 1. The molecule has 1 aliphatic heterocycles. The van der Waals surface area contributed by atoms with Crippen LogP contribution in [0.15, 0.2) is 59.8 Å². The van der Waals surface area contributed by atoms with E-state index in [-0.39, 0.29) is 18.2 Å². The number of carbonyl (C=O) groups excluding carboxylic acids is 2. The molecule has 11 heteroatoms. The van der Waals surface area contributed by atoms with Crippen molar-refractivity contribution in [2.45, 2.75) is 33.0 Å². The Kier molecular flexibility index (Phi) is 8.24. The van der Waals surface area contributed by atoms with E-state index in [9.17, 15) is 22.8 Å². The molecule has 0 saturated carbocycles. The molecule has 0 spiro atoms. The molecule has 1 heterocycles. The van der Waals surface area contributed by atoms with Crippen LogP contribution in [-0.2, 0) is 15.7 Å². The van der Waals surface area contributed by atoms with Crippen molar-refractivity contribution in [2.75, 3.05) is 24.3 Å². The summed E-state index contributed by atoms with van der Waals surface area (Å²) in [6.45, 7) is 5.98. The van der Waals surface area contributed by atoms with Gasteiger partial charge in [-0.1, -0.05) is 26.0 Å². The molecule has 0 saturated heterocycles. The summed E-state index contributed by atoms with van der Waals surface area (Å²) in [5.74, 6) is -0.256. The fourth-order valence-electron chi connectivity index (χ4n) is 3.46. The van der Waals surface area contributed by atoms with Crippen LogP contribution in [0.2, 0.25) is 0 Å². The van der Waals surface area contributed by atoms with Crippen LogP contribution in [-0.4, -0.2) is 35.7 Å². The second kappa shape index (κ2) is 11.0. The van der Waals surface area contributed by atoms with E-state index >= 15 is 0 Å². The standard InChI is InChI=1S/C25H27F3N4O3S/c1-14(2)13-35-22(33)20-15(3)32(4)24(36)31-21(20)16-5-9-18(10-6-16)29-23(34)30-19-11-7-17(8-12-19)25(26,27)28/h5-12,14,21H,13H2,1-4H3,(H,31,36)(H2,29,30,34). The quantitative estimate of drug-likeness (QED) is 0.336. The van der Waals surface area contributed by atoms with Crippen molar-refractivity contribution in [1.29, 1.82) is 0 Å². The molecule has 2 aromatic carbocycles. The molecule has 3 N–H and O–H groups in total. The summed E-state index contributed by atoms with van der Waals surface area (Å²) in [6, 6.07) is 9.76. The summed E-state index contributed by atoms with van der Waals surface area (Å²) in [7, 11) is 1.76. The lowest BCUT2D eigenvalue weighted by molar-refractivity contribution is -0.140. The van der Waals surface area contributed by atoms with Crippen LogP contribution in [0.1, 0.15) is 37.9 Å². The van der Waals surface area contributed by atoms with Gasteiger partial charge in [-0.05, 0) is 67.0 Å². The Hall–Kier alpha value is -3.60. The lowest BCUT2D eigenvalue weighted by Gasteiger charge is -2.35. The first-order valence-corrected chi connectivity index (χ1v) is 11.5. The summed E-state index contributed by atoms with van der Waals surface area (Å²) in [4.78, 5) is 26.9. The maximum Gasteiger partial charge on any atom is 0.416 e. The molecule has 0 bridgehead atoms.